The first kappa shape index (κ1) is 17.1. The van der Waals surface area contributed by atoms with Gasteiger partial charge in [0.05, 0.1) is 12.6 Å². The molecule has 3 aromatic rings. The van der Waals surface area contributed by atoms with Crippen molar-refractivity contribution in [1.82, 2.24) is 15.0 Å². The molecule has 0 fully saturated rings. The molecule has 2 heterocycles. The number of ether oxygens (including phenoxy) is 1. The van der Waals surface area contributed by atoms with Gasteiger partial charge in [-0.2, -0.15) is 0 Å². The molecule has 0 saturated carbocycles. The van der Waals surface area contributed by atoms with E-state index in [1.54, 1.807) is 12.3 Å². The number of fused-ring (bicyclic) bond motifs is 1. The molecule has 0 aliphatic heterocycles. The van der Waals surface area contributed by atoms with Crippen molar-refractivity contribution in [3.8, 4) is 5.75 Å². The van der Waals surface area contributed by atoms with Crippen molar-refractivity contribution < 1.29 is 9.13 Å². The summed E-state index contributed by atoms with van der Waals surface area (Å²) in [6.45, 7) is 5.04. The van der Waals surface area contributed by atoms with Gasteiger partial charge in [0.2, 0.25) is 0 Å². The molecule has 0 spiro atoms. The zero-order chi connectivity index (χ0) is 17.8. The molecular weight excluding hydrogens is 319 g/mol. The molecule has 25 heavy (non-hydrogen) atoms. The Labute approximate surface area is 146 Å². The molecule has 1 N–H and O–H groups in total. The number of rotatable bonds is 6. The summed E-state index contributed by atoms with van der Waals surface area (Å²) in [5.74, 6) is 1.11. The van der Waals surface area contributed by atoms with Gasteiger partial charge in [-0.15, -0.1) is 0 Å². The Morgan fingerprint density at radius 3 is 2.76 bits per heavy atom. The predicted octanol–water partition coefficient (Wildman–Crippen LogP) is 4.02. The summed E-state index contributed by atoms with van der Waals surface area (Å²) in [6.07, 6.45) is 5.10. The van der Waals surface area contributed by atoms with Crippen molar-refractivity contribution >= 4 is 16.7 Å². The quantitative estimate of drug-likeness (QED) is 0.734. The van der Waals surface area contributed by atoms with Crippen molar-refractivity contribution in [3.63, 3.8) is 0 Å². The van der Waals surface area contributed by atoms with Crippen LogP contribution in [-0.2, 0) is 0 Å². The lowest BCUT2D eigenvalue weighted by molar-refractivity contribution is 0.387. The first-order valence-electron chi connectivity index (χ1n) is 8.22. The number of methoxy groups -OCH3 is 1. The molecule has 1 unspecified atom stereocenters. The zero-order valence-electron chi connectivity index (χ0n) is 14.5. The summed E-state index contributed by atoms with van der Waals surface area (Å²) in [5, 5.41) is 4.11. The second-order valence-electron chi connectivity index (χ2n) is 6.24. The van der Waals surface area contributed by atoms with E-state index in [0.717, 1.165) is 5.39 Å². The second-order valence-corrected chi connectivity index (χ2v) is 6.24. The molecule has 0 aliphatic carbocycles. The van der Waals surface area contributed by atoms with Gasteiger partial charge in [0.1, 0.15) is 12.1 Å². The second kappa shape index (κ2) is 7.42. The highest BCUT2D eigenvalue weighted by molar-refractivity contribution is 5.90. The van der Waals surface area contributed by atoms with Gasteiger partial charge in [-0.1, -0.05) is 19.9 Å². The fourth-order valence-electron chi connectivity index (χ4n) is 2.90. The van der Waals surface area contributed by atoms with Crippen molar-refractivity contribution in [3.05, 3.63) is 54.4 Å². The molecule has 5 nitrogen and oxygen atoms in total. The topological polar surface area (TPSA) is 59.9 Å². The third-order valence-corrected chi connectivity index (χ3v) is 4.32. The zero-order valence-corrected chi connectivity index (χ0v) is 14.5. The summed E-state index contributed by atoms with van der Waals surface area (Å²) < 4.78 is 19.0. The Kier molecular flexibility index (Phi) is 5.07. The van der Waals surface area contributed by atoms with Crippen molar-refractivity contribution in [2.45, 2.75) is 19.8 Å². The fraction of sp³-hybridized carbons (Fsp3) is 0.316. The normalized spacial score (nSPS) is 12.4. The lowest BCUT2D eigenvalue weighted by atomic mass is 9.89. The number of aromatic nitrogens is 3. The molecule has 6 heteroatoms. The Morgan fingerprint density at radius 2 is 2.08 bits per heavy atom. The van der Waals surface area contributed by atoms with Crippen LogP contribution in [0.5, 0.6) is 5.75 Å². The predicted molar refractivity (Wildman–Crippen MR) is 96.4 cm³/mol. The smallest absolute Gasteiger partial charge is 0.167 e. The SMILES string of the molecule is COc1cc2c(NCC(c3cccnc3)C(C)C)ncnc2cc1F. The van der Waals surface area contributed by atoms with Gasteiger partial charge >= 0.3 is 0 Å². The maximum absolute atomic E-state index is 13.9. The van der Waals surface area contributed by atoms with Gasteiger partial charge in [0.15, 0.2) is 11.6 Å². The monoisotopic (exact) mass is 340 g/mol. The average Bonchev–Trinajstić information content (AvgIpc) is 2.62. The van der Waals surface area contributed by atoms with Gasteiger partial charge < -0.3 is 10.1 Å². The highest BCUT2D eigenvalue weighted by atomic mass is 19.1. The van der Waals surface area contributed by atoms with Crippen molar-refractivity contribution in [2.75, 3.05) is 19.0 Å². The van der Waals surface area contributed by atoms with E-state index in [0.29, 0.717) is 23.8 Å². The summed E-state index contributed by atoms with van der Waals surface area (Å²) in [6, 6.07) is 7.01. The lowest BCUT2D eigenvalue weighted by Gasteiger charge is -2.22. The van der Waals surface area contributed by atoms with E-state index in [4.69, 9.17) is 4.74 Å². The van der Waals surface area contributed by atoms with Crippen LogP contribution < -0.4 is 10.1 Å². The number of hydrogen-bond acceptors (Lipinski definition) is 5. The lowest BCUT2D eigenvalue weighted by Crippen LogP contribution is -2.18. The number of anilines is 1. The molecule has 0 saturated heterocycles. The van der Waals surface area contributed by atoms with Gasteiger partial charge in [-0.3, -0.25) is 4.98 Å². The minimum atomic E-state index is -0.435. The van der Waals surface area contributed by atoms with Crippen LogP contribution in [0.25, 0.3) is 10.9 Å². The molecule has 130 valence electrons. The van der Waals surface area contributed by atoms with E-state index in [1.165, 1.54) is 25.1 Å². The minimum Gasteiger partial charge on any atom is -0.494 e. The van der Waals surface area contributed by atoms with E-state index in [2.05, 4.69) is 40.2 Å². The number of halogens is 1. The van der Waals surface area contributed by atoms with Gasteiger partial charge in [-0.05, 0) is 23.6 Å². The molecule has 0 radical (unpaired) electrons. The average molecular weight is 340 g/mol. The van der Waals surface area contributed by atoms with Crippen LogP contribution in [-0.4, -0.2) is 28.6 Å². The summed E-state index contributed by atoms with van der Waals surface area (Å²) >= 11 is 0. The standard InChI is InChI=1S/C19H21FN4O/c1-12(2)15(13-5-4-6-21-9-13)10-22-19-14-7-18(25-3)16(20)8-17(14)23-11-24-19/h4-9,11-12,15H,10H2,1-3H3,(H,22,23,24). The largest absolute Gasteiger partial charge is 0.494 e. The van der Waals surface area contributed by atoms with Crippen molar-refractivity contribution in [1.29, 1.82) is 0 Å². The number of pyridine rings is 1. The molecule has 0 aliphatic rings. The van der Waals surface area contributed by atoms with Crippen LogP contribution >= 0.6 is 0 Å². The number of benzene rings is 1. The van der Waals surface area contributed by atoms with Gasteiger partial charge in [0.25, 0.3) is 0 Å². The number of hydrogen-bond donors (Lipinski definition) is 1. The van der Waals surface area contributed by atoms with E-state index < -0.39 is 5.82 Å². The summed E-state index contributed by atoms with van der Waals surface area (Å²) in [7, 11) is 1.44. The van der Waals surface area contributed by atoms with Gasteiger partial charge in [0, 0.05) is 36.3 Å². The highest BCUT2D eigenvalue weighted by Crippen LogP contribution is 2.29. The van der Waals surface area contributed by atoms with Crippen LogP contribution in [0.3, 0.4) is 0 Å². The maximum atomic E-state index is 13.9. The molecule has 0 bridgehead atoms. The molecule has 0 amide bonds. The maximum Gasteiger partial charge on any atom is 0.167 e. The molecular formula is C19H21FN4O. The Balaban J connectivity index is 1.89. The van der Waals surface area contributed by atoms with Crippen LogP contribution in [0, 0.1) is 11.7 Å². The molecule has 1 atom stereocenters. The van der Waals surface area contributed by atoms with Gasteiger partial charge in [-0.25, -0.2) is 14.4 Å². The van der Waals surface area contributed by atoms with Crippen LogP contribution in [0.2, 0.25) is 0 Å². The molecule has 2 aromatic heterocycles. The van der Waals surface area contributed by atoms with E-state index >= 15 is 0 Å². The van der Waals surface area contributed by atoms with E-state index in [1.807, 2.05) is 12.3 Å². The Hall–Kier alpha value is -2.76. The fourth-order valence-corrected chi connectivity index (χ4v) is 2.90. The first-order chi connectivity index (χ1) is 12.1. The van der Waals surface area contributed by atoms with Crippen LogP contribution in [0.1, 0.15) is 25.3 Å². The summed E-state index contributed by atoms with van der Waals surface area (Å²) in [5.41, 5.74) is 1.71. The molecule has 3 rings (SSSR count). The Bertz CT molecular complexity index is 855. The third kappa shape index (κ3) is 3.68. The minimum absolute atomic E-state index is 0.179. The number of nitrogens with one attached hydrogen (secondary N) is 1. The third-order valence-electron chi connectivity index (χ3n) is 4.32. The highest BCUT2D eigenvalue weighted by Gasteiger charge is 2.17. The Morgan fingerprint density at radius 1 is 1.24 bits per heavy atom. The molecule has 1 aromatic carbocycles. The number of nitrogens with zero attached hydrogens (tertiary/aromatic N) is 3. The first-order valence-corrected chi connectivity index (χ1v) is 8.22. The summed E-state index contributed by atoms with van der Waals surface area (Å²) in [4.78, 5) is 12.7. The van der Waals surface area contributed by atoms with E-state index in [-0.39, 0.29) is 11.7 Å². The van der Waals surface area contributed by atoms with Crippen molar-refractivity contribution in [2.24, 2.45) is 5.92 Å². The van der Waals surface area contributed by atoms with E-state index in [9.17, 15) is 4.39 Å². The van der Waals surface area contributed by atoms with Crippen LogP contribution in [0.15, 0.2) is 43.0 Å². The van der Waals surface area contributed by atoms with Crippen LogP contribution in [0.4, 0.5) is 10.2 Å².